The van der Waals surface area contributed by atoms with Gasteiger partial charge in [-0.1, -0.05) is 23.7 Å². The van der Waals surface area contributed by atoms with Crippen LogP contribution in [0.1, 0.15) is 17.2 Å². The van der Waals surface area contributed by atoms with E-state index in [4.69, 9.17) is 11.6 Å². The van der Waals surface area contributed by atoms with E-state index in [2.05, 4.69) is 5.32 Å². The summed E-state index contributed by atoms with van der Waals surface area (Å²) >= 11 is 6.11. The number of hydrogen-bond acceptors (Lipinski definition) is 2. The first-order valence-electron chi connectivity index (χ1n) is 6.09. The van der Waals surface area contributed by atoms with Crippen molar-refractivity contribution in [1.82, 2.24) is 10.2 Å². The van der Waals surface area contributed by atoms with Gasteiger partial charge in [-0.2, -0.15) is 0 Å². The van der Waals surface area contributed by atoms with E-state index in [1.165, 1.54) is 0 Å². The first-order valence-corrected chi connectivity index (χ1v) is 6.47. The predicted octanol–water partition coefficient (Wildman–Crippen LogP) is 3.70. The number of aryl methyl sites for hydroxylation is 1. The van der Waals surface area contributed by atoms with Crippen LogP contribution in [0.5, 0.6) is 0 Å². The minimum absolute atomic E-state index is 0. The Labute approximate surface area is 135 Å². The summed E-state index contributed by atoms with van der Waals surface area (Å²) in [7, 11) is 0. The van der Waals surface area contributed by atoms with Crippen LogP contribution >= 0.6 is 36.4 Å². The molecule has 0 aliphatic carbocycles. The summed E-state index contributed by atoms with van der Waals surface area (Å²) in [4.78, 5) is 1.81. The van der Waals surface area contributed by atoms with Crippen LogP contribution in [0.25, 0.3) is 0 Å². The quantitative estimate of drug-likeness (QED) is 0.897. The molecule has 1 aromatic carbocycles. The van der Waals surface area contributed by atoms with Gasteiger partial charge in [0.25, 0.3) is 6.43 Å². The Morgan fingerprint density at radius 2 is 1.80 bits per heavy atom. The number of nitrogens with zero attached hydrogens (tertiary/aromatic N) is 1. The van der Waals surface area contributed by atoms with Crippen molar-refractivity contribution in [3.8, 4) is 0 Å². The molecule has 0 bridgehead atoms. The summed E-state index contributed by atoms with van der Waals surface area (Å²) in [5.74, 6) is 0. The van der Waals surface area contributed by atoms with Gasteiger partial charge in [0.2, 0.25) is 0 Å². The van der Waals surface area contributed by atoms with Crippen molar-refractivity contribution >= 4 is 36.4 Å². The number of hydrogen-bond donors (Lipinski definition) is 1. The van der Waals surface area contributed by atoms with Gasteiger partial charge in [0.1, 0.15) is 0 Å². The SMILES string of the molecule is Cc1cccc(Cl)c1[C@H](C(F)F)N1CCNCC1.Cl.Cl. The smallest absolute Gasteiger partial charge is 0.258 e. The molecular weight excluding hydrogens is 329 g/mol. The van der Waals surface area contributed by atoms with E-state index >= 15 is 0 Å². The highest BCUT2D eigenvalue weighted by Crippen LogP contribution is 2.34. The van der Waals surface area contributed by atoms with E-state index in [-0.39, 0.29) is 24.8 Å². The number of piperazine rings is 1. The molecule has 116 valence electrons. The molecule has 1 saturated heterocycles. The highest BCUT2D eigenvalue weighted by molar-refractivity contribution is 6.31. The third-order valence-electron chi connectivity index (χ3n) is 3.35. The first-order chi connectivity index (χ1) is 8.61. The number of rotatable bonds is 3. The summed E-state index contributed by atoms with van der Waals surface area (Å²) in [5, 5.41) is 3.60. The summed E-state index contributed by atoms with van der Waals surface area (Å²) in [6.07, 6.45) is -2.43. The molecule has 0 aromatic heterocycles. The van der Waals surface area contributed by atoms with Crippen LogP contribution in [0.15, 0.2) is 18.2 Å². The molecule has 0 unspecified atom stereocenters. The van der Waals surface area contributed by atoms with Gasteiger partial charge in [-0.25, -0.2) is 8.78 Å². The molecule has 7 heteroatoms. The molecule has 2 rings (SSSR count). The summed E-state index contributed by atoms with van der Waals surface area (Å²) in [6.45, 7) is 4.57. The van der Waals surface area contributed by atoms with Crippen LogP contribution in [-0.4, -0.2) is 37.5 Å². The average molecular weight is 348 g/mol. The van der Waals surface area contributed by atoms with Crippen LogP contribution in [-0.2, 0) is 0 Å². The van der Waals surface area contributed by atoms with Crippen molar-refractivity contribution in [2.45, 2.75) is 19.4 Å². The number of benzene rings is 1. The molecule has 1 heterocycles. The molecule has 1 fully saturated rings. The lowest BCUT2D eigenvalue weighted by atomic mass is 9.99. The summed E-state index contributed by atoms with van der Waals surface area (Å²) < 4.78 is 26.8. The highest BCUT2D eigenvalue weighted by Gasteiger charge is 2.32. The fourth-order valence-corrected chi connectivity index (χ4v) is 2.78. The normalized spacial score (nSPS) is 17.2. The second kappa shape index (κ2) is 9.00. The Kier molecular flexibility index (Phi) is 8.95. The van der Waals surface area contributed by atoms with Gasteiger partial charge in [0.15, 0.2) is 0 Å². The molecule has 1 N–H and O–H groups in total. The lowest BCUT2D eigenvalue weighted by Gasteiger charge is -2.35. The third-order valence-corrected chi connectivity index (χ3v) is 3.68. The van der Waals surface area contributed by atoms with Crippen LogP contribution in [0.4, 0.5) is 8.78 Å². The van der Waals surface area contributed by atoms with Crippen molar-refractivity contribution < 1.29 is 8.78 Å². The van der Waals surface area contributed by atoms with Crippen molar-refractivity contribution in [2.24, 2.45) is 0 Å². The van der Waals surface area contributed by atoms with E-state index < -0.39 is 12.5 Å². The molecule has 2 nitrogen and oxygen atoms in total. The minimum Gasteiger partial charge on any atom is -0.314 e. The lowest BCUT2D eigenvalue weighted by molar-refractivity contribution is 0.0179. The molecular formula is C13H19Cl3F2N2. The zero-order chi connectivity index (χ0) is 13.1. The summed E-state index contributed by atoms with van der Waals surface area (Å²) in [6, 6.07) is 4.41. The molecule has 1 atom stereocenters. The first kappa shape index (κ1) is 19.9. The Morgan fingerprint density at radius 3 is 2.30 bits per heavy atom. The van der Waals surface area contributed by atoms with E-state index in [9.17, 15) is 8.78 Å². The van der Waals surface area contributed by atoms with Crippen LogP contribution in [0.3, 0.4) is 0 Å². The second-order valence-electron chi connectivity index (χ2n) is 4.54. The van der Waals surface area contributed by atoms with E-state index in [0.29, 0.717) is 23.7 Å². The Hall–Kier alpha value is -0.130. The second-order valence-corrected chi connectivity index (χ2v) is 4.94. The number of alkyl halides is 2. The van der Waals surface area contributed by atoms with Crippen molar-refractivity contribution in [2.75, 3.05) is 26.2 Å². The van der Waals surface area contributed by atoms with Gasteiger partial charge in [-0.3, -0.25) is 4.90 Å². The molecule has 0 spiro atoms. The van der Waals surface area contributed by atoms with Gasteiger partial charge in [-0.05, 0) is 24.1 Å². The third kappa shape index (κ3) is 4.43. The zero-order valence-electron chi connectivity index (χ0n) is 11.1. The Morgan fingerprint density at radius 1 is 1.20 bits per heavy atom. The molecule has 1 aliphatic heterocycles. The zero-order valence-corrected chi connectivity index (χ0v) is 13.5. The summed E-state index contributed by atoms with van der Waals surface area (Å²) in [5.41, 5.74) is 1.39. The maximum atomic E-state index is 13.4. The Bertz CT molecular complexity index is 392. The van der Waals surface area contributed by atoms with Crippen molar-refractivity contribution in [3.63, 3.8) is 0 Å². The average Bonchev–Trinajstić information content (AvgIpc) is 2.34. The molecule has 0 amide bonds. The molecule has 20 heavy (non-hydrogen) atoms. The van der Waals surface area contributed by atoms with Gasteiger partial charge in [0, 0.05) is 31.2 Å². The topological polar surface area (TPSA) is 15.3 Å². The molecule has 0 saturated carbocycles. The van der Waals surface area contributed by atoms with Gasteiger partial charge >= 0.3 is 0 Å². The molecule has 1 aliphatic rings. The van der Waals surface area contributed by atoms with Crippen molar-refractivity contribution in [3.05, 3.63) is 34.3 Å². The number of halogens is 5. The fourth-order valence-electron chi connectivity index (χ4n) is 2.45. The van der Waals surface area contributed by atoms with Gasteiger partial charge < -0.3 is 5.32 Å². The van der Waals surface area contributed by atoms with E-state index in [1.54, 1.807) is 12.1 Å². The standard InChI is InChI=1S/C13H17ClF2N2.2ClH/c1-9-3-2-4-10(14)11(9)12(13(15)16)18-7-5-17-6-8-18;;/h2-4,12-13,17H,5-8H2,1H3;2*1H/t12-;;/m1../s1. The lowest BCUT2D eigenvalue weighted by Crippen LogP contribution is -2.47. The Balaban J connectivity index is 0.00000180. The largest absolute Gasteiger partial charge is 0.314 e. The predicted molar refractivity (Wildman–Crippen MR) is 83.9 cm³/mol. The highest BCUT2D eigenvalue weighted by atomic mass is 35.5. The van der Waals surface area contributed by atoms with Crippen molar-refractivity contribution in [1.29, 1.82) is 0 Å². The maximum Gasteiger partial charge on any atom is 0.258 e. The molecule has 0 radical (unpaired) electrons. The van der Waals surface area contributed by atoms with E-state index in [1.807, 2.05) is 17.9 Å². The maximum absolute atomic E-state index is 13.4. The van der Waals surface area contributed by atoms with E-state index in [0.717, 1.165) is 18.7 Å². The number of nitrogens with one attached hydrogen (secondary N) is 1. The van der Waals surface area contributed by atoms with Crippen LogP contribution < -0.4 is 5.32 Å². The van der Waals surface area contributed by atoms with Crippen LogP contribution in [0.2, 0.25) is 5.02 Å². The minimum atomic E-state index is -2.43. The fraction of sp³-hybridized carbons (Fsp3) is 0.538. The molecule has 1 aromatic rings. The van der Waals surface area contributed by atoms with Gasteiger partial charge in [0.05, 0.1) is 6.04 Å². The van der Waals surface area contributed by atoms with Gasteiger partial charge in [-0.15, -0.1) is 24.8 Å². The monoisotopic (exact) mass is 346 g/mol. The van der Waals surface area contributed by atoms with Crippen LogP contribution in [0, 0.1) is 6.92 Å².